The molecule has 0 aliphatic carbocycles. The van der Waals surface area contributed by atoms with Crippen LogP contribution >= 0.6 is 0 Å². The van der Waals surface area contributed by atoms with E-state index in [9.17, 15) is 14.7 Å². The SMILES string of the molecule is CC(C(=O)N[C@@H](Cc1cccc(OCc2ccccc2)c1)C(=O)O)(c1ccccc1)c1ccccc1. The van der Waals surface area contributed by atoms with Crippen LogP contribution in [0.1, 0.15) is 29.2 Å². The molecule has 0 fully saturated rings. The van der Waals surface area contributed by atoms with E-state index in [1.54, 1.807) is 0 Å². The van der Waals surface area contributed by atoms with Crippen LogP contribution in [0.2, 0.25) is 0 Å². The molecule has 0 aliphatic heterocycles. The maximum absolute atomic E-state index is 13.7. The van der Waals surface area contributed by atoms with E-state index in [1.807, 2.05) is 122 Å². The highest BCUT2D eigenvalue weighted by Crippen LogP contribution is 2.32. The van der Waals surface area contributed by atoms with Gasteiger partial charge in [0.1, 0.15) is 18.4 Å². The van der Waals surface area contributed by atoms with Gasteiger partial charge in [0.25, 0.3) is 0 Å². The zero-order valence-electron chi connectivity index (χ0n) is 20.1. The lowest BCUT2D eigenvalue weighted by atomic mass is 9.75. The number of hydrogen-bond donors (Lipinski definition) is 2. The summed E-state index contributed by atoms with van der Waals surface area (Å²) in [4.78, 5) is 25.9. The summed E-state index contributed by atoms with van der Waals surface area (Å²) in [6.45, 7) is 2.24. The predicted molar refractivity (Wildman–Crippen MR) is 140 cm³/mol. The summed E-state index contributed by atoms with van der Waals surface area (Å²) in [5.74, 6) is -0.823. The maximum atomic E-state index is 13.7. The van der Waals surface area contributed by atoms with Gasteiger partial charge in [-0.25, -0.2) is 4.79 Å². The molecule has 0 aliphatic rings. The molecule has 182 valence electrons. The first-order valence-electron chi connectivity index (χ1n) is 11.9. The number of carboxylic acid groups (broad SMARTS) is 1. The third-order valence-corrected chi connectivity index (χ3v) is 6.35. The predicted octanol–water partition coefficient (Wildman–Crippen LogP) is 5.38. The van der Waals surface area contributed by atoms with Crippen molar-refractivity contribution in [3.05, 3.63) is 138 Å². The number of amides is 1. The number of nitrogens with one attached hydrogen (secondary N) is 1. The second kappa shape index (κ2) is 11.4. The molecule has 1 amide bonds. The summed E-state index contributed by atoms with van der Waals surface area (Å²) >= 11 is 0. The van der Waals surface area contributed by atoms with Crippen LogP contribution < -0.4 is 10.1 Å². The zero-order valence-corrected chi connectivity index (χ0v) is 20.1. The first-order chi connectivity index (χ1) is 17.5. The molecule has 0 unspecified atom stereocenters. The lowest BCUT2D eigenvalue weighted by Crippen LogP contribution is -2.50. The van der Waals surface area contributed by atoms with E-state index in [4.69, 9.17) is 4.74 Å². The third-order valence-electron chi connectivity index (χ3n) is 6.35. The number of aliphatic carboxylic acids is 1. The topological polar surface area (TPSA) is 75.6 Å². The van der Waals surface area contributed by atoms with Gasteiger partial charge in [-0.15, -0.1) is 0 Å². The quantitative estimate of drug-likeness (QED) is 0.320. The third kappa shape index (κ3) is 5.81. The minimum absolute atomic E-state index is 0.128. The highest BCUT2D eigenvalue weighted by atomic mass is 16.5. The number of benzene rings is 4. The van der Waals surface area contributed by atoms with E-state index in [-0.39, 0.29) is 12.3 Å². The molecule has 0 saturated carbocycles. The summed E-state index contributed by atoms with van der Waals surface area (Å²) in [5.41, 5.74) is 2.31. The minimum Gasteiger partial charge on any atom is -0.489 e. The summed E-state index contributed by atoms with van der Waals surface area (Å²) in [5, 5.41) is 12.8. The number of carbonyl (C=O) groups excluding carboxylic acids is 1. The van der Waals surface area contributed by atoms with Gasteiger partial charge in [0.15, 0.2) is 0 Å². The summed E-state index contributed by atoms with van der Waals surface area (Å²) in [6.07, 6.45) is 0.128. The number of rotatable bonds is 10. The van der Waals surface area contributed by atoms with Crippen molar-refractivity contribution in [3.63, 3.8) is 0 Å². The molecule has 0 bridgehead atoms. The number of ether oxygens (including phenoxy) is 1. The van der Waals surface area contributed by atoms with Gasteiger partial charge in [0, 0.05) is 6.42 Å². The van der Waals surface area contributed by atoms with Crippen molar-refractivity contribution in [2.75, 3.05) is 0 Å². The van der Waals surface area contributed by atoms with Crippen LogP contribution in [0.25, 0.3) is 0 Å². The van der Waals surface area contributed by atoms with E-state index in [0.29, 0.717) is 12.4 Å². The Labute approximate surface area is 211 Å². The molecule has 36 heavy (non-hydrogen) atoms. The number of carboxylic acids is 1. The molecule has 0 radical (unpaired) electrons. The van der Waals surface area contributed by atoms with E-state index >= 15 is 0 Å². The van der Waals surface area contributed by atoms with Crippen molar-refractivity contribution in [2.24, 2.45) is 0 Å². The molecule has 0 spiro atoms. The van der Waals surface area contributed by atoms with Crippen molar-refractivity contribution >= 4 is 11.9 Å². The molecule has 4 aromatic rings. The second-order valence-corrected chi connectivity index (χ2v) is 8.85. The highest BCUT2D eigenvalue weighted by molar-refractivity contribution is 5.94. The Morgan fingerprint density at radius 2 is 1.31 bits per heavy atom. The van der Waals surface area contributed by atoms with E-state index in [2.05, 4.69) is 5.32 Å². The Kier molecular flexibility index (Phi) is 7.81. The molecule has 2 N–H and O–H groups in total. The maximum Gasteiger partial charge on any atom is 0.326 e. The van der Waals surface area contributed by atoms with Crippen LogP contribution in [0.5, 0.6) is 5.75 Å². The Balaban J connectivity index is 1.53. The van der Waals surface area contributed by atoms with Gasteiger partial charge in [-0.05, 0) is 41.3 Å². The normalized spacial score (nSPS) is 11.9. The Morgan fingerprint density at radius 3 is 1.86 bits per heavy atom. The van der Waals surface area contributed by atoms with Crippen molar-refractivity contribution in [3.8, 4) is 5.75 Å². The van der Waals surface area contributed by atoms with Gasteiger partial charge < -0.3 is 15.2 Å². The van der Waals surface area contributed by atoms with Crippen molar-refractivity contribution in [1.82, 2.24) is 5.32 Å². The molecule has 5 nitrogen and oxygen atoms in total. The minimum atomic E-state index is -1.10. The summed E-state index contributed by atoms with van der Waals surface area (Å²) in [6, 6.07) is 34.9. The average Bonchev–Trinajstić information content (AvgIpc) is 2.92. The highest BCUT2D eigenvalue weighted by Gasteiger charge is 2.39. The molecule has 0 saturated heterocycles. The van der Waals surface area contributed by atoms with Crippen LogP contribution in [0, 0.1) is 0 Å². The lowest BCUT2D eigenvalue weighted by Gasteiger charge is -2.31. The van der Waals surface area contributed by atoms with E-state index in [1.165, 1.54) is 0 Å². The molecule has 1 atom stereocenters. The van der Waals surface area contributed by atoms with Crippen molar-refractivity contribution in [2.45, 2.75) is 31.4 Å². The fourth-order valence-corrected chi connectivity index (χ4v) is 4.21. The lowest BCUT2D eigenvalue weighted by molar-refractivity contribution is -0.142. The van der Waals surface area contributed by atoms with Crippen LogP contribution in [-0.4, -0.2) is 23.0 Å². The van der Waals surface area contributed by atoms with Gasteiger partial charge in [0.05, 0.1) is 5.41 Å². The first-order valence-corrected chi connectivity index (χ1v) is 11.9. The zero-order chi connectivity index (χ0) is 25.4. The largest absolute Gasteiger partial charge is 0.489 e. The summed E-state index contributed by atoms with van der Waals surface area (Å²) < 4.78 is 5.89. The Hall–Kier alpha value is -4.38. The first kappa shape index (κ1) is 24.7. The smallest absolute Gasteiger partial charge is 0.326 e. The second-order valence-electron chi connectivity index (χ2n) is 8.85. The molecule has 0 aromatic heterocycles. The fraction of sp³-hybridized carbons (Fsp3) is 0.161. The van der Waals surface area contributed by atoms with Gasteiger partial charge >= 0.3 is 5.97 Å². The Morgan fingerprint density at radius 1 is 0.778 bits per heavy atom. The van der Waals surface area contributed by atoms with Gasteiger partial charge in [-0.3, -0.25) is 4.79 Å². The van der Waals surface area contributed by atoms with Crippen LogP contribution in [0.15, 0.2) is 115 Å². The molecule has 5 heteroatoms. The van der Waals surface area contributed by atoms with Gasteiger partial charge in [0.2, 0.25) is 5.91 Å². The fourth-order valence-electron chi connectivity index (χ4n) is 4.21. The van der Waals surface area contributed by atoms with Crippen LogP contribution in [0.4, 0.5) is 0 Å². The molecule has 4 aromatic carbocycles. The van der Waals surface area contributed by atoms with Crippen LogP contribution in [-0.2, 0) is 28.0 Å². The van der Waals surface area contributed by atoms with Gasteiger partial charge in [-0.1, -0.05) is 103 Å². The number of hydrogen-bond acceptors (Lipinski definition) is 3. The summed E-state index contributed by atoms with van der Waals surface area (Å²) in [7, 11) is 0. The Bertz CT molecular complexity index is 1250. The van der Waals surface area contributed by atoms with Crippen molar-refractivity contribution in [1.29, 1.82) is 0 Å². The van der Waals surface area contributed by atoms with Crippen LogP contribution in [0.3, 0.4) is 0 Å². The average molecular weight is 480 g/mol. The van der Waals surface area contributed by atoms with Gasteiger partial charge in [-0.2, -0.15) is 0 Å². The van der Waals surface area contributed by atoms with E-state index in [0.717, 1.165) is 22.3 Å². The van der Waals surface area contributed by atoms with E-state index < -0.39 is 17.4 Å². The number of carbonyl (C=O) groups is 2. The monoisotopic (exact) mass is 479 g/mol. The standard InChI is InChI=1S/C31H29NO4/c1-31(25-15-7-3-8-16-25,26-17-9-4-10-18-26)30(35)32-28(29(33)34)21-24-14-11-19-27(20-24)36-22-23-12-5-2-6-13-23/h2-20,28H,21-22H2,1H3,(H,32,35)(H,33,34)/t28-/m0/s1. The van der Waals surface area contributed by atoms with Crippen molar-refractivity contribution < 1.29 is 19.4 Å². The molecular weight excluding hydrogens is 450 g/mol. The molecule has 4 rings (SSSR count). The molecular formula is C31H29NO4. The molecule has 0 heterocycles.